The third-order valence-corrected chi connectivity index (χ3v) is 3.25. The maximum atomic E-state index is 5.90. The fraction of sp³-hybridized carbons (Fsp3) is 0.312. The Morgan fingerprint density at radius 2 is 2.15 bits per heavy atom. The number of hydrogen-bond donors (Lipinski definition) is 1. The Labute approximate surface area is 128 Å². The first-order valence-corrected chi connectivity index (χ1v) is 7.51. The summed E-state index contributed by atoms with van der Waals surface area (Å²) in [5, 5.41) is 3.44. The summed E-state index contributed by atoms with van der Waals surface area (Å²) in [5.41, 5.74) is 1.13. The summed E-state index contributed by atoms with van der Waals surface area (Å²) in [6.07, 6.45) is 3.45. The lowest BCUT2D eigenvalue weighted by Crippen LogP contribution is -2.19. The highest BCUT2D eigenvalue weighted by Crippen LogP contribution is 2.27. The summed E-state index contributed by atoms with van der Waals surface area (Å²) in [6, 6.07) is 9.81. The number of benzene rings is 1. The van der Waals surface area contributed by atoms with Gasteiger partial charge >= 0.3 is 0 Å². The monoisotopic (exact) mass is 334 g/mol. The molecule has 0 saturated heterocycles. The van der Waals surface area contributed by atoms with Crippen molar-refractivity contribution >= 4 is 15.9 Å². The van der Waals surface area contributed by atoms with Crippen molar-refractivity contribution in [1.82, 2.24) is 10.3 Å². The van der Waals surface area contributed by atoms with E-state index in [4.69, 9.17) is 4.74 Å². The summed E-state index contributed by atoms with van der Waals surface area (Å²) in [4.78, 5) is 4.06. The molecule has 0 atom stereocenters. The predicted octanol–water partition coefficient (Wildman–Crippen LogP) is 4.38. The van der Waals surface area contributed by atoms with Crippen molar-refractivity contribution in [3.05, 3.63) is 52.8 Å². The molecule has 1 aromatic carbocycles. The minimum atomic E-state index is 0.629. The van der Waals surface area contributed by atoms with E-state index in [2.05, 4.69) is 46.1 Å². The number of nitrogens with one attached hydrogen (secondary N) is 1. The molecule has 0 amide bonds. The molecule has 1 N–H and O–H groups in total. The maximum Gasteiger partial charge on any atom is 0.145 e. The third-order valence-electron chi connectivity index (χ3n) is 2.75. The van der Waals surface area contributed by atoms with Gasteiger partial charge in [0.15, 0.2) is 0 Å². The van der Waals surface area contributed by atoms with Crippen LogP contribution in [0, 0.1) is 5.92 Å². The van der Waals surface area contributed by atoms with Crippen LogP contribution in [0.2, 0.25) is 0 Å². The number of aromatic nitrogens is 1. The summed E-state index contributed by atoms with van der Waals surface area (Å²) in [6.45, 7) is 6.16. The minimum absolute atomic E-state index is 0.629. The zero-order chi connectivity index (χ0) is 14.4. The Morgan fingerprint density at radius 3 is 2.85 bits per heavy atom. The molecule has 0 radical (unpaired) electrons. The van der Waals surface area contributed by atoms with E-state index in [9.17, 15) is 0 Å². The lowest BCUT2D eigenvalue weighted by Gasteiger charge is -2.13. The molecular formula is C16H19BrN2O. The number of halogens is 1. The molecule has 0 saturated carbocycles. The van der Waals surface area contributed by atoms with E-state index in [-0.39, 0.29) is 0 Å². The highest BCUT2D eigenvalue weighted by molar-refractivity contribution is 9.10. The number of rotatable bonds is 6. The van der Waals surface area contributed by atoms with Crippen LogP contribution in [0.3, 0.4) is 0 Å². The van der Waals surface area contributed by atoms with Gasteiger partial charge < -0.3 is 10.1 Å². The summed E-state index contributed by atoms with van der Waals surface area (Å²) in [5.74, 6) is 2.24. The SMILES string of the molecule is CC(C)CNCc1cc(Br)ccc1Oc1cccnc1. The second kappa shape index (κ2) is 7.41. The Bertz CT molecular complexity index is 543. The van der Waals surface area contributed by atoms with Crippen molar-refractivity contribution < 1.29 is 4.74 Å². The van der Waals surface area contributed by atoms with Crippen LogP contribution in [0.1, 0.15) is 19.4 Å². The van der Waals surface area contributed by atoms with Crippen LogP contribution in [0.25, 0.3) is 0 Å². The van der Waals surface area contributed by atoms with Crippen molar-refractivity contribution in [3.63, 3.8) is 0 Å². The zero-order valence-corrected chi connectivity index (χ0v) is 13.4. The Morgan fingerprint density at radius 1 is 1.30 bits per heavy atom. The molecule has 0 aliphatic rings. The number of pyridine rings is 1. The largest absolute Gasteiger partial charge is 0.455 e. The number of ether oxygens (including phenoxy) is 1. The molecule has 0 spiro atoms. The van der Waals surface area contributed by atoms with Crippen molar-refractivity contribution in [3.8, 4) is 11.5 Å². The topological polar surface area (TPSA) is 34.1 Å². The van der Waals surface area contributed by atoms with Gasteiger partial charge in [-0.15, -0.1) is 0 Å². The molecule has 0 unspecified atom stereocenters. The Kier molecular flexibility index (Phi) is 5.56. The molecule has 1 heterocycles. The molecule has 1 aromatic heterocycles. The van der Waals surface area contributed by atoms with Gasteiger partial charge in [-0.05, 0) is 42.8 Å². The molecule has 0 fully saturated rings. The fourth-order valence-electron chi connectivity index (χ4n) is 1.82. The van der Waals surface area contributed by atoms with Gasteiger partial charge in [-0.25, -0.2) is 0 Å². The van der Waals surface area contributed by atoms with E-state index in [1.54, 1.807) is 12.4 Å². The minimum Gasteiger partial charge on any atom is -0.455 e. The Balaban J connectivity index is 2.11. The predicted molar refractivity (Wildman–Crippen MR) is 85.0 cm³/mol. The van der Waals surface area contributed by atoms with Gasteiger partial charge in [0.25, 0.3) is 0 Å². The summed E-state index contributed by atoms with van der Waals surface area (Å²) in [7, 11) is 0. The Hall–Kier alpha value is -1.39. The average molecular weight is 335 g/mol. The van der Waals surface area contributed by atoms with E-state index < -0.39 is 0 Å². The molecule has 0 aliphatic heterocycles. The van der Waals surface area contributed by atoms with Crippen LogP contribution >= 0.6 is 15.9 Å². The van der Waals surface area contributed by atoms with Gasteiger partial charge in [0.1, 0.15) is 11.5 Å². The first kappa shape index (κ1) is 15.0. The van der Waals surface area contributed by atoms with Gasteiger partial charge in [-0.1, -0.05) is 29.8 Å². The van der Waals surface area contributed by atoms with Crippen molar-refractivity contribution in [2.45, 2.75) is 20.4 Å². The second-order valence-corrected chi connectivity index (χ2v) is 5.98. The molecular weight excluding hydrogens is 316 g/mol. The van der Waals surface area contributed by atoms with Gasteiger partial charge in [-0.3, -0.25) is 4.98 Å². The normalized spacial score (nSPS) is 10.8. The molecule has 3 nitrogen and oxygen atoms in total. The highest BCUT2D eigenvalue weighted by atomic mass is 79.9. The van der Waals surface area contributed by atoms with E-state index in [1.165, 1.54) is 0 Å². The fourth-order valence-corrected chi connectivity index (χ4v) is 2.22. The quantitative estimate of drug-likeness (QED) is 0.851. The smallest absolute Gasteiger partial charge is 0.145 e. The molecule has 0 aliphatic carbocycles. The average Bonchev–Trinajstić information content (AvgIpc) is 2.42. The van der Waals surface area contributed by atoms with Gasteiger partial charge in [0.05, 0.1) is 6.20 Å². The van der Waals surface area contributed by atoms with Crippen LogP contribution in [0.4, 0.5) is 0 Å². The summed E-state index contributed by atoms with van der Waals surface area (Å²) >= 11 is 3.51. The van der Waals surface area contributed by atoms with Gasteiger partial charge in [0.2, 0.25) is 0 Å². The van der Waals surface area contributed by atoms with Crippen LogP contribution in [-0.4, -0.2) is 11.5 Å². The first-order chi connectivity index (χ1) is 9.65. The van der Waals surface area contributed by atoms with Crippen LogP contribution < -0.4 is 10.1 Å². The van der Waals surface area contributed by atoms with Crippen molar-refractivity contribution in [1.29, 1.82) is 0 Å². The van der Waals surface area contributed by atoms with Crippen molar-refractivity contribution in [2.24, 2.45) is 5.92 Å². The van der Waals surface area contributed by atoms with E-state index in [0.717, 1.165) is 34.6 Å². The molecule has 20 heavy (non-hydrogen) atoms. The number of hydrogen-bond acceptors (Lipinski definition) is 3. The number of nitrogens with zero attached hydrogens (tertiary/aromatic N) is 1. The molecule has 106 valence electrons. The summed E-state index contributed by atoms with van der Waals surface area (Å²) < 4.78 is 6.95. The molecule has 4 heteroatoms. The standard InChI is InChI=1S/C16H19BrN2O/c1-12(2)9-19-10-13-8-14(17)5-6-16(13)20-15-4-3-7-18-11-15/h3-8,11-12,19H,9-10H2,1-2H3. The lowest BCUT2D eigenvalue weighted by molar-refractivity contribution is 0.467. The van der Waals surface area contributed by atoms with E-state index in [0.29, 0.717) is 5.92 Å². The highest BCUT2D eigenvalue weighted by Gasteiger charge is 2.06. The van der Waals surface area contributed by atoms with Crippen LogP contribution in [0.15, 0.2) is 47.2 Å². The molecule has 2 rings (SSSR count). The maximum absolute atomic E-state index is 5.90. The van der Waals surface area contributed by atoms with Crippen LogP contribution in [-0.2, 0) is 6.54 Å². The van der Waals surface area contributed by atoms with E-state index in [1.807, 2.05) is 24.3 Å². The van der Waals surface area contributed by atoms with Gasteiger partial charge in [-0.2, -0.15) is 0 Å². The van der Waals surface area contributed by atoms with Crippen LogP contribution in [0.5, 0.6) is 11.5 Å². The van der Waals surface area contributed by atoms with Gasteiger partial charge in [0, 0.05) is 22.8 Å². The lowest BCUT2D eigenvalue weighted by atomic mass is 10.2. The van der Waals surface area contributed by atoms with E-state index >= 15 is 0 Å². The first-order valence-electron chi connectivity index (χ1n) is 6.72. The third kappa shape index (κ3) is 4.62. The molecule has 0 bridgehead atoms. The second-order valence-electron chi connectivity index (χ2n) is 5.07. The molecule has 2 aromatic rings. The van der Waals surface area contributed by atoms with Crippen molar-refractivity contribution in [2.75, 3.05) is 6.54 Å². The zero-order valence-electron chi connectivity index (χ0n) is 11.8.